The number of allylic oxidation sites excluding steroid dienone is 1. The van der Waals surface area contributed by atoms with E-state index in [0.717, 1.165) is 6.42 Å². The van der Waals surface area contributed by atoms with E-state index in [1.54, 1.807) is 0 Å². The van der Waals surface area contributed by atoms with Gasteiger partial charge in [-0.25, -0.2) is 0 Å². The highest BCUT2D eigenvalue weighted by Crippen LogP contribution is 2.56. The molecule has 1 heterocycles. The molecule has 0 aromatic carbocycles. The van der Waals surface area contributed by atoms with Crippen LogP contribution in [0.1, 0.15) is 46.5 Å². The van der Waals surface area contributed by atoms with E-state index in [1.807, 2.05) is 6.92 Å². The number of carbonyl (C=O) groups is 1. The summed E-state index contributed by atoms with van der Waals surface area (Å²) in [5, 5.41) is 0. The fourth-order valence-corrected chi connectivity index (χ4v) is 4.41. The largest absolute Gasteiger partial charge is 0.454 e. The third kappa shape index (κ3) is 1.42. The van der Waals surface area contributed by atoms with Crippen LogP contribution in [0.3, 0.4) is 0 Å². The average Bonchev–Trinajstić information content (AvgIpc) is 2.50. The highest BCUT2D eigenvalue weighted by molar-refractivity contribution is 5.76. The molecule has 5 atom stereocenters. The molecule has 1 spiro atoms. The van der Waals surface area contributed by atoms with Crippen molar-refractivity contribution < 1.29 is 9.53 Å². The van der Waals surface area contributed by atoms with Gasteiger partial charge in [-0.05, 0) is 44.6 Å². The molecule has 94 valence electrons. The van der Waals surface area contributed by atoms with Crippen molar-refractivity contribution in [3.05, 3.63) is 11.6 Å². The van der Waals surface area contributed by atoms with Gasteiger partial charge in [0.25, 0.3) is 0 Å². The maximum Gasteiger partial charge on any atom is 0.309 e. The van der Waals surface area contributed by atoms with Crippen molar-refractivity contribution in [3.8, 4) is 0 Å². The second kappa shape index (κ2) is 3.60. The van der Waals surface area contributed by atoms with Crippen LogP contribution in [0.15, 0.2) is 11.6 Å². The molecule has 3 aliphatic rings. The van der Waals surface area contributed by atoms with E-state index >= 15 is 0 Å². The lowest BCUT2D eigenvalue weighted by Gasteiger charge is -2.48. The van der Waals surface area contributed by atoms with Gasteiger partial charge in [0, 0.05) is 11.8 Å². The van der Waals surface area contributed by atoms with Gasteiger partial charge < -0.3 is 4.74 Å². The molecular formula is C15H22O2. The summed E-state index contributed by atoms with van der Waals surface area (Å²) < 4.78 is 5.89. The minimum Gasteiger partial charge on any atom is -0.454 e. The Balaban J connectivity index is 2.07. The quantitative estimate of drug-likeness (QED) is 0.475. The summed E-state index contributed by atoms with van der Waals surface area (Å²) in [6.07, 6.45) is 7.07. The SMILES string of the molecule is CC1=C[C@@]23OC(=O)[C@H](C)C2CC[C@@H](C)[C@@H]3CC1. The predicted octanol–water partition coefficient (Wildman–Crippen LogP) is 3.32. The van der Waals surface area contributed by atoms with Gasteiger partial charge in [0.2, 0.25) is 0 Å². The van der Waals surface area contributed by atoms with Crippen molar-refractivity contribution in [2.45, 2.75) is 52.1 Å². The first-order valence-corrected chi connectivity index (χ1v) is 6.96. The monoisotopic (exact) mass is 234 g/mol. The van der Waals surface area contributed by atoms with Crippen LogP contribution >= 0.6 is 0 Å². The Labute approximate surface area is 103 Å². The molecule has 0 radical (unpaired) electrons. The topological polar surface area (TPSA) is 26.3 Å². The second-order valence-electron chi connectivity index (χ2n) is 6.36. The standard InChI is InChI=1S/C15H22O2/c1-9-4-6-12-10(2)5-7-13-11(3)14(16)17-15(12,13)8-9/h8,10-13H,4-7H2,1-3H3/t10-,11-,12+,13?,15+/m1/s1. The summed E-state index contributed by atoms with van der Waals surface area (Å²) >= 11 is 0. The molecule has 3 rings (SSSR count). The molecule has 2 fully saturated rings. The number of carbonyl (C=O) groups excluding carboxylic acids is 1. The normalized spacial score (nSPS) is 49.1. The smallest absolute Gasteiger partial charge is 0.309 e. The lowest BCUT2D eigenvalue weighted by molar-refractivity contribution is -0.155. The number of esters is 1. The molecule has 1 unspecified atom stereocenters. The van der Waals surface area contributed by atoms with E-state index in [1.165, 1.54) is 24.8 Å². The molecule has 2 aliphatic carbocycles. The van der Waals surface area contributed by atoms with Crippen LogP contribution in [-0.4, -0.2) is 11.6 Å². The summed E-state index contributed by atoms with van der Waals surface area (Å²) in [7, 11) is 0. The molecule has 1 saturated carbocycles. The summed E-state index contributed by atoms with van der Waals surface area (Å²) in [5.74, 6) is 1.78. The summed E-state index contributed by atoms with van der Waals surface area (Å²) in [4.78, 5) is 12.0. The minimum absolute atomic E-state index is 0.0278. The number of rotatable bonds is 0. The zero-order chi connectivity index (χ0) is 12.2. The third-order valence-corrected chi connectivity index (χ3v) is 5.35. The summed E-state index contributed by atoms with van der Waals surface area (Å²) in [5.41, 5.74) is 1.17. The van der Waals surface area contributed by atoms with E-state index in [9.17, 15) is 4.79 Å². The van der Waals surface area contributed by atoms with E-state index in [0.29, 0.717) is 17.8 Å². The lowest BCUT2D eigenvalue weighted by Crippen LogP contribution is -2.50. The number of hydrogen-bond acceptors (Lipinski definition) is 2. The van der Waals surface area contributed by atoms with Gasteiger partial charge in [0.05, 0.1) is 5.92 Å². The van der Waals surface area contributed by atoms with E-state index < -0.39 is 0 Å². The van der Waals surface area contributed by atoms with Gasteiger partial charge in [-0.2, -0.15) is 0 Å². The average molecular weight is 234 g/mol. The Bertz CT molecular complexity index is 384. The zero-order valence-electron chi connectivity index (χ0n) is 11.0. The van der Waals surface area contributed by atoms with E-state index in [4.69, 9.17) is 4.74 Å². The van der Waals surface area contributed by atoms with Crippen LogP contribution < -0.4 is 0 Å². The van der Waals surface area contributed by atoms with Crippen molar-refractivity contribution >= 4 is 5.97 Å². The maximum absolute atomic E-state index is 12.0. The summed E-state index contributed by atoms with van der Waals surface area (Å²) in [6, 6.07) is 0. The Hall–Kier alpha value is -0.790. The van der Waals surface area contributed by atoms with Crippen LogP contribution in [0, 0.1) is 23.7 Å². The lowest BCUT2D eigenvalue weighted by atomic mass is 9.58. The highest BCUT2D eigenvalue weighted by Gasteiger charge is 2.60. The van der Waals surface area contributed by atoms with Crippen LogP contribution in [0.25, 0.3) is 0 Å². The van der Waals surface area contributed by atoms with Gasteiger partial charge in [0.15, 0.2) is 0 Å². The first-order chi connectivity index (χ1) is 8.04. The molecule has 17 heavy (non-hydrogen) atoms. The van der Waals surface area contributed by atoms with Gasteiger partial charge in [-0.15, -0.1) is 0 Å². The van der Waals surface area contributed by atoms with Crippen molar-refractivity contribution in [2.75, 3.05) is 0 Å². The molecule has 0 aromatic heterocycles. The van der Waals surface area contributed by atoms with Gasteiger partial charge >= 0.3 is 5.97 Å². The Morgan fingerprint density at radius 2 is 2.00 bits per heavy atom. The van der Waals surface area contributed by atoms with Gasteiger partial charge in [0.1, 0.15) is 5.60 Å². The van der Waals surface area contributed by atoms with E-state index in [2.05, 4.69) is 19.9 Å². The first-order valence-electron chi connectivity index (χ1n) is 6.96. The Kier molecular flexibility index (Phi) is 2.39. The Morgan fingerprint density at radius 3 is 2.76 bits per heavy atom. The molecule has 2 heteroatoms. The first kappa shape index (κ1) is 11.3. The molecule has 1 saturated heterocycles. The fraction of sp³-hybridized carbons (Fsp3) is 0.800. The van der Waals surface area contributed by atoms with Crippen molar-refractivity contribution in [1.29, 1.82) is 0 Å². The highest BCUT2D eigenvalue weighted by atomic mass is 16.6. The van der Waals surface area contributed by atoms with Gasteiger partial charge in [-0.1, -0.05) is 19.4 Å². The van der Waals surface area contributed by atoms with Crippen LogP contribution in [0.2, 0.25) is 0 Å². The molecule has 0 amide bonds. The molecule has 0 N–H and O–H groups in total. The molecule has 1 aliphatic heterocycles. The molecule has 0 bridgehead atoms. The second-order valence-corrected chi connectivity index (χ2v) is 6.36. The molecule has 0 aromatic rings. The van der Waals surface area contributed by atoms with Crippen LogP contribution in [0.4, 0.5) is 0 Å². The minimum atomic E-state index is -0.240. The van der Waals surface area contributed by atoms with Crippen LogP contribution in [-0.2, 0) is 9.53 Å². The van der Waals surface area contributed by atoms with Crippen molar-refractivity contribution in [3.63, 3.8) is 0 Å². The summed E-state index contributed by atoms with van der Waals surface area (Å²) in [6.45, 7) is 6.55. The maximum atomic E-state index is 12.0. The predicted molar refractivity (Wildman–Crippen MR) is 66.4 cm³/mol. The van der Waals surface area contributed by atoms with Crippen molar-refractivity contribution in [1.82, 2.24) is 0 Å². The van der Waals surface area contributed by atoms with Crippen LogP contribution in [0.5, 0.6) is 0 Å². The van der Waals surface area contributed by atoms with Gasteiger partial charge in [-0.3, -0.25) is 4.79 Å². The van der Waals surface area contributed by atoms with E-state index in [-0.39, 0.29) is 17.5 Å². The Morgan fingerprint density at radius 1 is 1.24 bits per heavy atom. The zero-order valence-corrected chi connectivity index (χ0v) is 11.0. The number of hydrogen-bond donors (Lipinski definition) is 0. The number of ether oxygens (including phenoxy) is 1. The third-order valence-electron chi connectivity index (χ3n) is 5.35. The fourth-order valence-electron chi connectivity index (χ4n) is 4.41. The molecule has 2 nitrogen and oxygen atoms in total. The molecular weight excluding hydrogens is 212 g/mol. The van der Waals surface area contributed by atoms with Crippen molar-refractivity contribution in [2.24, 2.45) is 23.7 Å².